The first-order chi connectivity index (χ1) is 12.2. The highest BCUT2D eigenvalue weighted by molar-refractivity contribution is 5.92. The van der Waals surface area contributed by atoms with Crippen molar-refractivity contribution in [1.29, 1.82) is 0 Å². The first-order valence-electron chi connectivity index (χ1n) is 10.0. The zero-order valence-electron chi connectivity index (χ0n) is 16.0. The van der Waals surface area contributed by atoms with Crippen LogP contribution in [0.25, 0.3) is 0 Å². The van der Waals surface area contributed by atoms with Crippen LogP contribution < -0.4 is 10.6 Å². The van der Waals surface area contributed by atoms with E-state index in [9.17, 15) is 4.79 Å². The summed E-state index contributed by atoms with van der Waals surface area (Å²) in [5.74, 6) is -0.0474. The van der Waals surface area contributed by atoms with Crippen LogP contribution in [0.3, 0.4) is 0 Å². The van der Waals surface area contributed by atoms with Crippen LogP contribution in [-0.2, 0) is 0 Å². The molecule has 0 aliphatic carbocycles. The molecule has 2 fully saturated rings. The summed E-state index contributed by atoms with van der Waals surface area (Å²) in [4.78, 5) is 14.8. The van der Waals surface area contributed by atoms with Gasteiger partial charge in [0.15, 0.2) is 0 Å². The second-order valence-corrected chi connectivity index (χ2v) is 7.52. The number of nitrogens with one attached hydrogen (secondary N) is 2. The summed E-state index contributed by atoms with van der Waals surface area (Å²) in [7, 11) is 0. The van der Waals surface area contributed by atoms with Crippen LogP contribution in [0.4, 0.5) is 0 Å². The molecule has 0 bridgehead atoms. The Bertz CT molecular complexity index is 544. The van der Waals surface area contributed by atoms with Gasteiger partial charge in [0.1, 0.15) is 5.69 Å². The quantitative estimate of drug-likeness (QED) is 0.710. The number of carbonyl (C=O) groups is 1. The van der Waals surface area contributed by atoms with E-state index in [-0.39, 0.29) is 18.3 Å². The van der Waals surface area contributed by atoms with Gasteiger partial charge in [0.25, 0.3) is 5.91 Å². The Hall–Kier alpha value is -1.11. The van der Waals surface area contributed by atoms with Gasteiger partial charge in [-0.2, -0.15) is 5.10 Å². The molecule has 0 aromatic carbocycles. The van der Waals surface area contributed by atoms with Crippen molar-refractivity contribution in [2.45, 2.75) is 64.0 Å². The van der Waals surface area contributed by atoms with E-state index in [1.807, 2.05) is 16.9 Å². The highest BCUT2D eigenvalue weighted by atomic mass is 35.5. The Kier molecular flexibility index (Phi) is 8.88. The summed E-state index contributed by atoms with van der Waals surface area (Å²) < 4.78 is 1.94. The molecule has 1 amide bonds. The lowest BCUT2D eigenvalue weighted by molar-refractivity contribution is 0.0945. The van der Waals surface area contributed by atoms with Crippen molar-refractivity contribution >= 4 is 18.3 Å². The number of rotatable bonds is 7. The molecular weight excluding hydrogens is 350 g/mol. The Morgan fingerprint density at radius 3 is 2.96 bits per heavy atom. The Morgan fingerprint density at radius 2 is 2.19 bits per heavy atom. The minimum atomic E-state index is -0.0474. The molecule has 1 aromatic heterocycles. The summed E-state index contributed by atoms with van der Waals surface area (Å²) in [5.41, 5.74) is 0.537. The van der Waals surface area contributed by atoms with Gasteiger partial charge < -0.3 is 15.5 Å². The minimum Gasteiger partial charge on any atom is -0.351 e. The van der Waals surface area contributed by atoms with Gasteiger partial charge in [0.05, 0.1) is 6.04 Å². The lowest BCUT2D eigenvalue weighted by Crippen LogP contribution is -2.38. The largest absolute Gasteiger partial charge is 0.351 e. The summed E-state index contributed by atoms with van der Waals surface area (Å²) in [6.07, 6.45) is 10.4. The third-order valence-corrected chi connectivity index (χ3v) is 5.58. The summed E-state index contributed by atoms with van der Waals surface area (Å²) in [5, 5.41) is 10.9. The predicted octanol–water partition coefficient (Wildman–Crippen LogP) is 2.61. The van der Waals surface area contributed by atoms with Crippen LogP contribution in [0.2, 0.25) is 0 Å². The second-order valence-electron chi connectivity index (χ2n) is 7.52. The Morgan fingerprint density at radius 1 is 1.31 bits per heavy atom. The van der Waals surface area contributed by atoms with Gasteiger partial charge in [0.2, 0.25) is 0 Å². The van der Waals surface area contributed by atoms with Gasteiger partial charge in [-0.05, 0) is 71.1 Å². The van der Waals surface area contributed by atoms with Crippen LogP contribution >= 0.6 is 12.4 Å². The van der Waals surface area contributed by atoms with Crippen LogP contribution in [0, 0.1) is 0 Å². The zero-order chi connectivity index (χ0) is 17.5. The van der Waals surface area contributed by atoms with E-state index < -0.39 is 0 Å². The number of piperidine rings is 2. The van der Waals surface area contributed by atoms with Crippen molar-refractivity contribution in [1.82, 2.24) is 25.3 Å². The number of likely N-dealkylation sites (tertiary alicyclic amines) is 1. The molecule has 6 nitrogen and oxygen atoms in total. The molecule has 2 unspecified atom stereocenters. The number of amides is 1. The van der Waals surface area contributed by atoms with E-state index in [1.54, 1.807) is 0 Å². The molecule has 148 valence electrons. The Labute approximate surface area is 163 Å². The molecule has 2 aliphatic rings. The molecule has 1 aromatic rings. The number of halogens is 1. The smallest absolute Gasteiger partial charge is 0.271 e. The predicted molar refractivity (Wildman–Crippen MR) is 107 cm³/mol. The molecule has 0 spiro atoms. The van der Waals surface area contributed by atoms with Gasteiger partial charge in [-0.1, -0.05) is 6.42 Å². The first-order valence-corrected chi connectivity index (χ1v) is 10.0. The first kappa shape index (κ1) is 21.2. The fraction of sp³-hybridized carbons (Fsp3) is 0.789. The molecule has 26 heavy (non-hydrogen) atoms. The molecule has 3 rings (SSSR count). The average molecular weight is 384 g/mol. The lowest BCUT2D eigenvalue weighted by Gasteiger charge is -2.33. The van der Waals surface area contributed by atoms with Crippen LogP contribution in [0.5, 0.6) is 0 Å². The van der Waals surface area contributed by atoms with Gasteiger partial charge >= 0.3 is 0 Å². The SMILES string of the molecule is CC1CCCCN1CCCCNC(=O)c1ccn(C2CCCNC2)n1.Cl. The number of hydrogen-bond donors (Lipinski definition) is 2. The molecule has 2 atom stereocenters. The number of unbranched alkanes of at least 4 members (excludes halogenated alkanes) is 1. The van der Waals surface area contributed by atoms with Crippen LogP contribution in [0.15, 0.2) is 12.3 Å². The maximum atomic E-state index is 12.2. The summed E-state index contributed by atoms with van der Waals surface area (Å²) in [6.45, 7) is 7.48. The Balaban J connectivity index is 0.00000243. The molecule has 2 aliphatic heterocycles. The van der Waals surface area contributed by atoms with Gasteiger partial charge in [-0.25, -0.2) is 0 Å². The molecule has 3 heterocycles. The van der Waals surface area contributed by atoms with E-state index >= 15 is 0 Å². The molecule has 0 radical (unpaired) electrons. The zero-order valence-corrected chi connectivity index (χ0v) is 16.8. The number of hydrogen-bond acceptors (Lipinski definition) is 4. The molecular formula is C19H34ClN5O. The third-order valence-electron chi connectivity index (χ3n) is 5.58. The van der Waals surface area contributed by atoms with E-state index in [4.69, 9.17) is 0 Å². The molecule has 2 saturated heterocycles. The molecule has 7 heteroatoms. The van der Waals surface area contributed by atoms with Crippen LogP contribution in [-0.4, -0.2) is 59.4 Å². The van der Waals surface area contributed by atoms with Gasteiger partial charge in [0, 0.05) is 25.3 Å². The second kappa shape index (κ2) is 10.9. The maximum absolute atomic E-state index is 12.2. The van der Waals surface area contributed by atoms with E-state index in [1.165, 1.54) is 32.2 Å². The van der Waals surface area contributed by atoms with Gasteiger partial charge in [-0.3, -0.25) is 9.48 Å². The van der Waals surface area contributed by atoms with Crippen molar-refractivity contribution in [3.8, 4) is 0 Å². The minimum absolute atomic E-state index is 0. The van der Waals surface area contributed by atoms with E-state index in [0.717, 1.165) is 51.5 Å². The van der Waals surface area contributed by atoms with Gasteiger partial charge in [-0.15, -0.1) is 12.4 Å². The normalized spacial score (nSPS) is 24.0. The van der Waals surface area contributed by atoms with Crippen molar-refractivity contribution in [2.24, 2.45) is 0 Å². The monoisotopic (exact) mass is 383 g/mol. The number of nitrogens with zero attached hydrogens (tertiary/aromatic N) is 3. The van der Waals surface area contributed by atoms with Crippen molar-refractivity contribution in [3.05, 3.63) is 18.0 Å². The highest BCUT2D eigenvalue weighted by Gasteiger charge is 2.18. The third kappa shape index (κ3) is 5.96. The standard InChI is InChI=1S/C19H33N5O.ClH/c1-16-7-2-4-12-23(16)13-5-3-11-21-19(25)18-9-14-24(22-18)17-8-6-10-20-15-17;/h9,14,16-17,20H,2-8,10-13,15H2,1H3,(H,21,25);1H. The summed E-state index contributed by atoms with van der Waals surface area (Å²) in [6, 6.07) is 2.93. The topological polar surface area (TPSA) is 62.2 Å². The summed E-state index contributed by atoms with van der Waals surface area (Å²) >= 11 is 0. The number of aromatic nitrogens is 2. The molecule has 2 N–H and O–H groups in total. The van der Waals surface area contributed by atoms with Crippen molar-refractivity contribution < 1.29 is 4.79 Å². The van der Waals surface area contributed by atoms with E-state index in [2.05, 4.69) is 27.6 Å². The van der Waals surface area contributed by atoms with Crippen molar-refractivity contribution in [2.75, 3.05) is 32.7 Å². The number of carbonyl (C=O) groups excluding carboxylic acids is 1. The molecule has 0 saturated carbocycles. The lowest BCUT2D eigenvalue weighted by atomic mass is 10.0. The fourth-order valence-electron chi connectivity index (χ4n) is 3.94. The maximum Gasteiger partial charge on any atom is 0.271 e. The highest BCUT2D eigenvalue weighted by Crippen LogP contribution is 2.17. The van der Waals surface area contributed by atoms with E-state index in [0.29, 0.717) is 11.7 Å². The van der Waals surface area contributed by atoms with Crippen molar-refractivity contribution in [3.63, 3.8) is 0 Å². The average Bonchev–Trinajstić information content (AvgIpc) is 3.14. The van der Waals surface area contributed by atoms with Crippen LogP contribution in [0.1, 0.15) is 68.4 Å². The fourth-order valence-corrected chi connectivity index (χ4v) is 3.94.